The molecule has 19 heteroatoms. The average molecular weight is 718 g/mol. The number of aliphatic imine (C=N–C) groups is 1. The molecule has 5 aliphatic rings. The lowest BCUT2D eigenvalue weighted by molar-refractivity contribution is -0.193. The Bertz CT molecular complexity index is 1850. The molecule has 8 rings (SSSR count). The summed E-state index contributed by atoms with van der Waals surface area (Å²) >= 11 is 0. The van der Waals surface area contributed by atoms with Crippen molar-refractivity contribution in [3.8, 4) is 11.5 Å². The lowest BCUT2D eigenvalue weighted by Gasteiger charge is -2.62. The van der Waals surface area contributed by atoms with E-state index in [2.05, 4.69) is 14.9 Å². The third-order valence-electron chi connectivity index (χ3n) is 9.89. The molecule has 2 aliphatic heterocycles. The monoisotopic (exact) mass is 717 g/mol. The number of aliphatic hydroxyl groups is 1. The van der Waals surface area contributed by atoms with E-state index in [9.17, 15) is 36.6 Å². The number of aliphatic carboxylic acids is 2. The quantitative estimate of drug-likeness (QED) is 0.119. The number of alkyl halides is 6. The van der Waals surface area contributed by atoms with Gasteiger partial charge in [-0.1, -0.05) is 6.07 Å². The minimum atomic E-state index is -5.08. The maximum absolute atomic E-state index is 12.9. The number of halogens is 6. The van der Waals surface area contributed by atoms with Gasteiger partial charge in [0.25, 0.3) is 0 Å². The van der Waals surface area contributed by atoms with Gasteiger partial charge in [0.2, 0.25) is 0 Å². The molecule has 0 unspecified atom stereocenters. The largest absolute Gasteiger partial charge is 0.504 e. The van der Waals surface area contributed by atoms with Gasteiger partial charge in [0.1, 0.15) is 0 Å². The summed E-state index contributed by atoms with van der Waals surface area (Å²) in [7, 11) is 0. The van der Waals surface area contributed by atoms with Crippen LogP contribution in [0.4, 0.5) is 32.0 Å². The number of rotatable bonds is 3. The number of guanidine groups is 1. The zero-order chi connectivity index (χ0) is 35.8. The fourth-order valence-corrected chi connectivity index (χ4v) is 7.83. The number of nitrogens with two attached hydrogens (primary N) is 2. The number of carboxylic acid groups (broad SMARTS) is 2. The number of benzene rings is 2. The number of likely N-dealkylation sites (tertiary alicyclic amines) is 1. The van der Waals surface area contributed by atoms with E-state index in [0.717, 1.165) is 59.6 Å². The molecule has 3 aromatic rings. The zero-order valence-corrected chi connectivity index (χ0v) is 25.9. The maximum Gasteiger partial charge on any atom is 0.490 e. The lowest BCUT2D eigenvalue weighted by atomic mass is 9.49. The number of hydrogen-bond acceptors (Lipinski definition) is 7. The van der Waals surface area contributed by atoms with Crippen molar-refractivity contribution in [2.24, 2.45) is 22.4 Å². The number of aromatic hydroxyl groups is 1. The number of piperidine rings is 1. The minimum absolute atomic E-state index is 0. The van der Waals surface area contributed by atoms with Crippen molar-refractivity contribution in [3.05, 3.63) is 52.7 Å². The Balaban J connectivity index is 0.000000277. The summed E-state index contributed by atoms with van der Waals surface area (Å²) in [6.45, 7) is 1.98. The van der Waals surface area contributed by atoms with E-state index in [1.807, 2.05) is 24.3 Å². The molecule has 2 aromatic carbocycles. The summed E-state index contributed by atoms with van der Waals surface area (Å²) in [5, 5.41) is 38.9. The van der Waals surface area contributed by atoms with Crippen LogP contribution in [-0.4, -0.2) is 90.8 Å². The molecule has 272 valence electrons. The number of aromatic nitrogens is 1. The molecule has 1 spiro atoms. The van der Waals surface area contributed by atoms with Crippen LogP contribution in [0.3, 0.4) is 0 Å². The first-order valence-electron chi connectivity index (χ1n) is 15.1. The topological polar surface area (TPSA) is 239 Å². The summed E-state index contributed by atoms with van der Waals surface area (Å²) in [5.74, 6) is -4.05. The lowest BCUT2D eigenvalue weighted by Crippen LogP contribution is -2.74. The highest BCUT2D eigenvalue weighted by Crippen LogP contribution is 2.69. The second-order valence-electron chi connectivity index (χ2n) is 12.8. The van der Waals surface area contributed by atoms with Crippen molar-refractivity contribution in [1.29, 1.82) is 0 Å². The second-order valence-corrected chi connectivity index (χ2v) is 12.8. The highest BCUT2D eigenvalue weighted by molar-refractivity contribution is 5.90. The first-order chi connectivity index (χ1) is 22.8. The minimum Gasteiger partial charge on any atom is -0.504 e. The van der Waals surface area contributed by atoms with Crippen molar-refractivity contribution >= 4 is 34.5 Å². The van der Waals surface area contributed by atoms with Crippen molar-refractivity contribution in [3.63, 3.8) is 0 Å². The normalized spacial score (nSPS) is 25.7. The van der Waals surface area contributed by atoms with Gasteiger partial charge in [-0.25, -0.2) is 14.6 Å². The number of ether oxygens (including phenoxy) is 1. The Morgan fingerprint density at radius 1 is 1.04 bits per heavy atom. The van der Waals surface area contributed by atoms with E-state index < -0.39 is 35.3 Å². The van der Waals surface area contributed by atoms with Gasteiger partial charge in [-0.05, 0) is 73.5 Å². The standard InChI is InChI=1S/C27H29N5O3.2C2HF3O2.H2O/c28-25(29)30-15-4-5-18-16(10-15)17-11-27(34)20-9-14-3-6-19(33)23-21(14)26(27,24(35-23)22(17)31-18)7-8-32(20)12-13-1-2-13;2*3-2(4,5)1(6)7;/h3-6,10,13,20,24,31,33-34H,1-2,7-9,11-12H2,(H4,28,29,30);2*(H,6,7);1H2/t20-,24+,26+,27-;;;/m1.../s1. The number of aromatic amines is 1. The Hall–Kier alpha value is -4.75. The number of fused-ring (bicyclic) bond motifs is 4. The Kier molecular flexibility index (Phi) is 8.94. The Morgan fingerprint density at radius 3 is 2.22 bits per heavy atom. The number of nitrogens with zero attached hydrogens (tertiary/aromatic N) is 2. The fraction of sp³-hybridized carbons (Fsp3) is 0.452. The molecule has 2 fully saturated rings. The van der Waals surface area contributed by atoms with Gasteiger partial charge < -0.3 is 47.1 Å². The van der Waals surface area contributed by atoms with Gasteiger partial charge in [-0.2, -0.15) is 26.3 Å². The number of H-pyrrole nitrogens is 1. The molecule has 3 aliphatic carbocycles. The van der Waals surface area contributed by atoms with Crippen LogP contribution >= 0.6 is 0 Å². The number of hydrogen-bond donors (Lipinski definition) is 7. The van der Waals surface area contributed by atoms with Crippen molar-refractivity contribution in [1.82, 2.24) is 9.88 Å². The van der Waals surface area contributed by atoms with Crippen molar-refractivity contribution < 1.29 is 66.6 Å². The molecule has 0 radical (unpaired) electrons. The van der Waals surface area contributed by atoms with Crippen molar-refractivity contribution in [2.45, 2.75) is 67.6 Å². The zero-order valence-electron chi connectivity index (χ0n) is 25.9. The van der Waals surface area contributed by atoms with Crippen LogP contribution in [0.25, 0.3) is 10.9 Å². The van der Waals surface area contributed by atoms with E-state index in [0.29, 0.717) is 17.9 Å². The van der Waals surface area contributed by atoms with Gasteiger partial charge in [0.15, 0.2) is 23.6 Å². The molecule has 4 atom stereocenters. The SMILES string of the molecule is NC(N)=Nc1ccc2[nH]c3c(c2c1)C[C@@]1(O)[C@H]2Cc4ccc(O)c5c4[C@@]1(CCN2CC1CC1)[C@H]3O5.O.O=C(O)C(F)(F)F.O=C(O)C(F)(F)F. The molecule has 50 heavy (non-hydrogen) atoms. The van der Waals surface area contributed by atoms with Crippen LogP contribution in [0.15, 0.2) is 35.3 Å². The Morgan fingerprint density at radius 2 is 1.66 bits per heavy atom. The highest BCUT2D eigenvalue weighted by atomic mass is 19.4. The molecule has 3 heterocycles. The molecule has 13 nitrogen and oxygen atoms in total. The summed E-state index contributed by atoms with van der Waals surface area (Å²) in [6, 6.07) is 9.64. The van der Waals surface area contributed by atoms with E-state index in [-0.39, 0.29) is 29.3 Å². The van der Waals surface area contributed by atoms with Gasteiger partial charge >= 0.3 is 24.3 Å². The van der Waals surface area contributed by atoms with Crippen LogP contribution < -0.4 is 16.2 Å². The predicted octanol–water partition coefficient (Wildman–Crippen LogP) is 2.92. The van der Waals surface area contributed by atoms with Gasteiger partial charge in [-0.15, -0.1) is 0 Å². The van der Waals surface area contributed by atoms with E-state index in [1.54, 1.807) is 6.07 Å². The first kappa shape index (κ1) is 36.5. The fourth-order valence-electron chi connectivity index (χ4n) is 7.83. The third kappa shape index (κ3) is 5.91. The number of phenolic OH excluding ortho intramolecular Hbond substituents is 1. The summed E-state index contributed by atoms with van der Waals surface area (Å²) in [5.41, 5.74) is 15.6. The van der Waals surface area contributed by atoms with Gasteiger partial charge in [0, 0.05) is 35.5 Å². The molecular weight excluding hydrogens is 684 g/mol. The van der Waals surface area contributed by atoms with E-state index in [1.165, 1.54) is 18.4 Å². The number of phenols is 1. The van der Waals surface area contributed by atoms with Gasteiger partial charge in [-0.3, -0.25) is 4.90 Å². The van der Waals surface area contributed by atoms with Crippen LogP contribution in [0.1, 0.15) is 47.8 Å². The van der Waals surface area contributed by atoms with Crippen LogP contribution in [-0.2, 0) is 27.8 Å². The molecule has 2 bridgehead atoms. The van der Waals surface area contributed by atoms with Crippen molar-refractivity contribution in [2.75, 3.05) is 13.1 Å². The average Bonchev–Trinajstić information content (AvgIpc) is 3.64. The second kappa shape index (κ2) is 12.2. The molecule has 1 saturated carbocycles. The number of nitrogens with one attached hydrogen (secondary N) is 1. The Labute approximate surface area is 278 Å². The smallest absolute Gasteiger partial charge is 0.490 e. The predicted molar refractivity (Wildman–Crippen MR) is 163 cm³/mol. The van der Waals surface area contributed by atoms with Crippen LogP contribution in [0.5, 0.6) is 11.5 Å². The molecular formula is C31H33F6N5O8. The highest BCUT2D eigenvalue weighted by Gasteiger charge is 2.72. The van der Waals surface area contributed by atoms with E-state index >= 15 is 0 Å². The van der Waals surface area contributed by atoms with Crippen LogP contribution in [0, 0.1) is 5.92 Å². The third-order valence-corrected chi connectivity index (χ3v) is 9.89. The van der Waals surface area contributed by atoms with Crippen LogP contribution in [0.2, 0.25) is 0 Å². The number of carbonyl (C=O) groups is 2. The number of carboxylic acids is 2. The first-order valence-corrected chi connectivity index (χ1v) is 15.1. The summed E-state index contributed by atoms with van der Waals surface area (Å²) in [6.07, 6.45) is -5.90. The molecule has 1 aromatic heterocycles. The molecule has 1 saturated heterocycles. The van der Waals surface area contributed by atoms with E-state index in [4.69, 9.17) is 36.0 Å². The summed E-state index contributed by atoms with van der Waals surface area (Å²) < 4.78 is 70.1. The summed E-state index contributed by atoms with van der Waals surface area (Å²) in [4.78, 5) is 28.2. The molecule has 11 N–H and O–H groups in total. The maximum atomic E-state index is 12.9. The van der Waals surface area contributed by atoms with Gasteiger partial charge in [0.05, 0.1) is 22.4 Å². The molecule has 0 amide bonds.